The summed E-state index contributed by atoms with van der Waals surface area (Å²) in [7, 11) is 135. The van der Waals surface area contributed by atoms with Crippen molar-refractivity contribution in [2.24, 2.45) is 10.7 Å². The SMILES string of the molecule is N=C(N=C(N)c1ccccc1)c1ccccc1.[B]C1=C(n2c3c([B])c([B])c([B])c4c5c([B])c([B])c([B])c([B])c5c5c([B])c([B])c([B])c2c5c43)C([B])(C)c2c1c1c([B])c([B])c([B])c([B])c1c1c([B])c([B])c([B])c([B])c21. The van der Waals surface area contributed by atoms with Gasteiger partial charge in [-0.05, 0) is 59.5 Å². The fourth-order valence-corrected chi connectivity index (χ4v) is 10.8. The molecule has 1 unspecified atom stereocenters. The number of allylic oxidation sites excluding steroid dienone is 1. The van der Waals surface area contributed by atoms with E-state index in [1.54, 1.807) is 11.5 Å². The molecule has 11 rings (SSSR count). The van der Waals surface area contributed by atoms with Crippen LogP contribution in [0.25, 0.3) is 76.1 Å². The molecule has 296 valence electrons. The Balaban J connectivity index is 0.000000312. The van der Waals surface area contributed by atoms with Gasteiger partial charge in [-0.15, -0.1) is 43.7 Å². The summed E-state index contributed by atoms with van der Waals surface area (Å²) < 4.78 is 1.66. The van der Waals surface area contributed by atoms with E-state index in [9.17, 15) is 0 Å². The number of nitrogens with two attached hydrogens (primary N) is 1. The second kappa shape index (κ2) is 17.9. The maximum Gasteiger partial charge on any atom is 0.154 e. The zero-order valence-electron chi connectivity index (χ0n) is 39.8. The lowest BCUT2D eigenvalue weighted by Gasteiger charge is -2.33. The Labute approximate surface area is 456 Å². The minimum Gasteiger partial charge on any atom is -0.383 e. The average Bonchev–Trinajstić information content (AvgIpc) is 3.83. The standard InChI is InChI=1S/C36H3B20N.C14H13N3/c1-36(56)13-11-7(19(42)27(50)28(51)21(11)44)4-8(20(43)26(49)25(48)16(4)39)12(13)22(45)35(36)57-33-9-5(17(40)29(52)31(33)54)2-3(15(38)24(47)23(46)14(2)37)6-10(9)34(57)32(55)30(53)18(6)41;15-13(11-7-3-1-4-8-11)17-14(16)12-9-5-2-6-10-12/h1H3;1-10H,(H3,15,16,17). The minimum atomic E-state index is -1.66. The summed E-state index contributed by atoms with van der Waals surface area (Å²) in [5.41, 5.74) is 9.14. The van der Waals surface area contributed by atoms with Crippen LogP contribution in [0.5, 0.6) is 0 Å². The van der Waals surface area contributed by atoms with Crippen LogP contribution in [0.4, 0.5) is 0 Å². The summed E-state index contributed by atoms with van der Waals surface area (Å²) in [5, 5.41) is 9.32. The van der Waals surface area contributed by atoms with E-state index in [1.807, 2.05) is 60.7 Å². The summed E-state index contributed by atoms with van der Waals surface area (Å²) in [6.07, 6.45) is 0. The van der Waals surface area contributed by atoms with Crippen molar-refractivity contribution in [1.29, 1.82) is 5.41 Å². The molecule has 3 N–H and O–H groups in total. The Morgan fingerprint density at radius 3 is 1.09 bits per heavy atom. The number of rotatable bonds is 3. The molecule has 1 aliphatic carbocycles. The first-order chi connectivity index (χ1) is 34.8. The van der Waals surface area contributed by atoms with Crippen molar-refractivity contribution < 1.29 is 0 Å². The molecule has 74 heavy (non-hydrogen) atoms. The van der Waals surface area contributed by atoms with Crippen molar-refractivity contribution in [3.8, 4) is 0 Å². The molecule has 0 saturated carbocycles. The van der Waals surface area contributed by atoms with Crippen LogP contribution in [0.1, 0.15) is 29.2 Å². The van der Waals surface area contributed by atoms with E-state index in [0.29, 0.717) is 43.7 Å². The predicted octanol–water partition coefficient (Wildman–Crippen LogP) is -10.6. The largest absolute Gasteiger partial charge is 0.383 e. The van der Waals surface area contributed by atoms with Crippen LogP contribution in [0.15, 0.2) is 65.7 Å². The van der Waals surface area contributed by atoms with Crippen molar-refractivity contribution in [3.63, 3.8) is 0 Å². The summed E-state index contributed by atoms with van der Waals surface area (Å²) >= 11 is 0. The first-order valence-corrected chi connectivity index (χ1v) is 22.5. The smallest absolute Gasteiger partial charge is 0.154 e. The fourth-order valence-electron chi connectivity index (χ4n) is 10.8. The number of aromatic nitrogens is 1. The highest BCUT2D eigenvalue weighted by atomic mass is 15.0. The van der Waals surface area contributed by atoms with Gasteiger partial charge in [0.2, 0.25) is 0 Å². The lowest BCUT2D eigenvalue weighted by molar-refractivity contribution is 0.863. The molecule has 0 bridgehead atoms. The third kappa shape index (κ3) is 6.90. The van der Waals surface area contributed by atoms with Gasteiger partial charge in [0.15, 0.2) is 5.84 Å². The summed E-state index contributed by atoms with van der Waals surface area (Å²) in [5.74, 6) is 0.534. The number of fused-ring (bicyclic) bond motifs is 9. The average molecular weight is 889 g/mol. The molecule has 0 saturated heterocycles. The third-order valence-corrected chi connectivity index (χ3v) is 14.5. The zero-order valence-corrected chi connectivity index (χ0v) is 39.8. The highest BCUT2D eigenvalue weighted by Crippen LogP contribution is 2.53. The summed E-state index contributed by atoms with van der Waals surface area (Å²) in [4.78, 5) is 4.10. The zero-order chi connectivity index (χ0) is 53.8. The third-order valence-electron chi connectivity index (χ3n) is 14.5. The molecule has 1 aromatic heterocycles. The van der Waals surface area contributed by atoms with Crippen molar-refractivity contribution in [2.75, 3.05) is 0 Å². The lowest BCUT2D eigenvalue weighted by Crippen LogP contribution is -2.51. The van der Waals surface area contributed by atoms with Gasteiger partial charge in [0.05, 0.1) is 7.85 Å². The summed E-state index contributed by atoms with van der Waals surface area (Å²) in [6, 6.07) is 18.8. The number of hydrogen-bond acceptors (Lipinski definition) is 1. The number of aliphatic imine (C=N–C) groups is 1. The Bertz CT molecular complexity index is 4170. The normalized spacial score (nSPS) is 14.7. The molecule has 1 aliphatic rings. The monoisotopic (exact) mass is 892 g/mol. The highest BCUT2D eigenvalue weighted by molar-refractivity contribution is 6.76. The van der Waals surface area contributed by atoms with Crippen LogP contribution in [-0.2, 0) is 5.31 Å². The van der Waals surface area contributed by atoms with E-state index in [0.717, 1.165) is 11.1 Å². The Morgan fingerprint density at radius 2 is 0.703 bits per heavy atom. The van der Waals surface area contributed by atoms with Crippen LogP contribution in [-0.4, -0.2) is 173 Å². The van der Waals surface area contributed by atoms with Crippen molar-refractivity contribution in [3.05, 3.63) is 82.9 Å². The molecule has 40 radical (unpaired) electrons. The van der Waals surface area contributed by atoms with Crippen LogP contribution in [0.3, 0.4) is 0 Å². The van der Waals surface area contributed by atoms with Gasteiger partial charge in [0, 0.05) is 38.6 Å². The van der Waals surface area contributed by atoms with E-state index >= 15 is 0 Å². The quantitative estimate of drug-likeness (QED) is 0.0789. The van der Waals surface area contributed by atoms with Gasteiger partial charge in [0.25, 0.3) is 0 Å². The van der Waals surface area contributed by atoms with E-state index in [1.165, 1.54) is 0 Å². The number of benzene rings is 9. The maximum absolute atomic E-state index is 7.84. The Morgan fingerprint density at radius 1 is 0.405 bits per heavy atom. The Kier molecular flexibility index (Phi) is 12.5. The van der Waals surface area contributed by atoms with Gasteiger partial charge in [-0.3, -0.25) is 5.41 Å². The van der Waals surface area contributed by atoms with Gasteiger partial charge in [-0.25, -0.2) is 4.99 Å². The van der Waals surface area contributed by atoms with Crippen molar-refractivity contribution >= 4 is 343 Å². The molecule has 0 aliphatic heterocycles. The van der Waals surface area contributed by atoms with Gasteiger partial charge in [-0.2, -0.15) is 0 Å². The topological polar surface area (TPSA) is 67.2 Å². The first-order valence-electron chi connectivity index (χ1n) is 22.5. The van der Waals surface area contributed by atoms with E-state index in [4.69, 9.17) is 168 Å². The van der Waals surface area contributed by atoms with Gasteiger partial charge < -0.3 is 10.3 Å². The van der Waals surface area contributed by atoms with Crippen LogP contribution >= 0.6 is 0 Å². The van der Waals surface area contributed by atoms with Crippen molar-refractivity contribution in [2.45, 2.75) is 12.2 Å². The molecule has 1 atom stereocenters. The number of nitrogens with one attached hydrogen (secondary N) is 1. The summed E-state index contributed by atoms with van der Waals surface area (Å²) in [6.45, 7) is 1.69. The molecule has 0 fully saturated rings. The lowest BCUT2D eigenvalue weighted by atomic mass is 9.57. The fraction of sp³-hybridized carbons (Fsp3) is 0.0400. The second-order valence-electron chi connectivity index (χ2n) is 18.5. The van der Waals surface area contributed by atoms with E-state index in [-0.39, 0.29) is 153 Å². The van der Waals surface area contributed by atoms with Crippen LogP contribution in [0.2, 0.25) is 0 Å². The van der Waals surface area contributed by atoms with E-state index in [2.05, 4.69) is 4.99 Å². The number of hydrogen-bond donors (Lipinski definition) is 2. The molecule has 9 aromatic carbocycles. The van der Waals surface area contributed by atoms with E-state index < -0.39 is 5.31 Å². The number of nitrogens with zero attached hydrogens (tertiary/aromatic N) is 2. The van der Waals surface area contributed by atoms with Crippen LogP contribution < -0.4 is 104 Å². The molecule has 0 spiro atoms. The molecular formula is C50H16B20N4. The molecule has 10 aromatic rings. The molecular weight excluding hydrogens is 873 g/mol. The number of amidine groups is 2. The maximum atomic E-state index is 7.84. The predicted molar refractivity (Wildman–Crippen MR) is 336 cm³/mol. The highest BCUT2D eigenvalue weighted by Gasteiger charge is 2.43. The molecule has 0 amide bonds. The second-order valence-corrected chi connectivity index (χ2v) is 18.5. The molecule has 24 heteroatoms. The van der Waals surface area contributed by atoms with Gasteiger partial charge in [0.1, 0.15) is 155 Å². The van der Waals surface area contributed by atoms with Crippen LogP contribution in [0, 0.1) is 5.41 Å². The first kappa shape index (κ1) is 51.7. The minimum absolute atomic E-state index is 0.00518. The molecule has 4 nitrogen and oxygen atoms in total. The van der Waals surface area contributed by atoms with Crippen molar-refractivity contribution in [1.82, 2.24) is 4.57 Å². The van der Waals surface area contributed by atoms with Gasteiger partial charge >= 0.3 is 0 Å². The Hall–Kier alpha value is -5.74. The van der Waals surface area contributed by atoms with Gasteiger partial charge in [-0.1, -0.05) is 128 Å². The molecule has 1 heterocycles.